The van der Waals surface area contributed by atoms with Crippen LogP contribution >= 0.6 is 0 Å². The molecule has 0 aliphatic rings. The third kappa shape index (κ3) is 3.43. The van der Waals surface area contributed by atoms with Crippen molar-refractivity contribution in [3.8, 4) is 0 Å². The molecule has 0 amide bonds. The van der Waals surface area contributed by atoms with Crippen molar-refractivity contribution in [2.24, 2.45) is 0 Å². The zero-order chi connectivity index (χ0) is 11.3. The second-order valence-corrected chi connectivity index (χ2v) is 5.14. The lowest BCUT2D eigenvalue weighted by Crippen LogP contribution is -2.30. The van der Waals surface area contributed by atoms with Crippen molar-refractivity contribution in [3.63, 3.8) is 0 Å². The highest BCUT2D eigenvalue weighted by atomic mass is 32.2. The minimum Gasteiger partial charge on any atom is -0.316 e. The van der Waals surface area contributed by atoms with E-state index >= 15 is 0 Å². The van der Waals surface area contributed by atoms with Crippen LogP contribution in [0.5, 0.6) is 0 Å². The lowest BCUT2D eigenvalue weighted by molar-refractivity contribution is 0.590. The van der Waals surface area contributed by atoms with E-state index in [0.29, 0.717) is 11.8 Å². The molecule has 0 fully saturated rings. The van der Waals surface area contributed by atoms with Gasteiger partial charge in [-0.05, 0) is 32.0 Å². The van der Waals surface area contributed by atoms with E-state index in [0.717, 1.165) is 16.9 Å². The Morgan fingerprint density at radius 3 is 2.60 bits per heavy atom. The van der Waals surface area contributed by atoms with Crippen molar-refractivity contribution in [1.82, 2.24) is 5.32 Å². The van der Waals surface area contributed by atoms with Crippen LogP contribution in [0.1, 0.15) is 18.9 Å². The fourth-order valence-electron chi connectivity index (χ4n) is 1.49. The third-order valence-corrected chi connectivity index (χ3v) is 4.25. The summed E-state index contributed by atoms with van der Waals surface area (Å²) in [6.07, 6.45) is 1.01. The Labute approximate surface area is 94.5 Å². The molecule has 0 aliphatic heterocycles. The summed E-state index contributed by atoms with van der Waals surface area (Å²) in [4.78, 5) is 0.964. The summed E-state index contributed by atoms with van der Waals surface area (Å²) in [5.74, 6) is 0.692. The van der Waals surface area contributed by atoms with E-state index in [-0.39, 0.29) is 0 Å². The monoisotopic (exact) mass is 225 g/mol. The van der Waals surface area contributed by atoms with Gasteiger partial charge in [-0.1, -0.05) is 25.1 Å². The number of rotatable bonds is 5. The van der Waals surface area contributed by atoms with Crippen molar-refractivity contribution in [1.29, 1.82) is 0 Å². The largest absolute Gasteiger partial charge is 0.316 e. The van der Waals surface area contributed by atoms with Crippen LogP contribution < -0.4 is 5.32 Å². The first-order valence-corrected chi connectivity index (χ1v) is 6.62. The van der Waals surface area contributed by atoms with Gasteiger partial charge in [0.25, 0.3) is 0 Å². The molecule has 3 heteroatoms. The average molecular weight is 225 g/mol. The van der Waals surface area contributed by atoms with Crippen LogP contribution in [0.3, 0.4) is 0 Å². The lowest BCUT2D eigenvalue weighted by Gasteiger charge is -2.13. The van der Waals surface area contributed by atoms with Gasteiger partial charge in [-0.2, -0.15) is 0 Å². The number of hydrogen-bond donors (Lipinski definition) is 1. The van der Waals surface area contributed by atoms with Gasteiger partial charge in [0.15, 0.2) is 0 Å². The zero-order valence-corrected chi connectivity index (χ0v) is 10.4. The molecule has 0 radical (unpaired) electrons. The predicted octanol–water partition coefficient (Wildman–Crippen LogP) is 2.10. The number of aryl methyl sites for hydroxylation is 1. The van der Waals surface area contributed by atoms with E-state index in [9.17, 15) is 4.21 Å². The van der Waals surface area contributed by atoms with E-state index in [1.54, 1.807) is 0 Å². The van der Waals surface area contributed by atoms with Crippen molar-refractivity contribution in [2.75, 3.05) is 12.8 Å². The van der Waals surface area contributed by atoms with Crippen LogP contribution in [-0.4, -0.2) is 23.1 Å². The molecule has 0 saturated heterocycles. The Balaban J connectivity index is 2.73. The predicted molar refractivity (Wildman–Crippen MR) is 65.6 cm³/mol. The minimum absolute atomic E-state index is 0.338. The molecule has 0 heterocycles. The van der Waals surface area contributed by atoms with Crippen molar-refractivity contribution < 1.29 is 4.21 Å². The van der Waals surface area contributed by atoms with Crippen molar-refractivity contribution >= 4 is 10.8 Å². The van der Waals surface area contributed by atoms with Gasteiger partial charge in [0.05, 0.1) is 10.8 Å². The van der Waals surface area contributed by atoms with Crippen LogP contribution in [0.4, 0.5) is 0 Å². The number of nitrogens with one attached hydrogen (secondary N) is 1. The van der Waals surface area contributed by atoms with Gasteiger partial charge in [0.1, 0.15) is 0 Å². The fraction of sp³-hybridized carbons (Fsp3) is 0.500. The molecular formula is C12H19NOS. The molecule has 2 atom stereocenters. The molecule has 0 spiro atoms. The summed E-state index contributed by atoms with van der Waals surface area (Å²) >= 11 is 0. The molecule has 0 bridgehead atoms. The van der Waals surface area contributed by atoms with Crippen LogP contribution in [0, 0.1) is 6.92 Å². The Bertz CT molecular complexity index is 334. The second kappa shape index (κ2) is 6.03. The molecule has 2 nitrogen and oxygen atoms in total. The quantitative estimate of drug-likeness (QED) is 0.831. The van der Waals surface area contributed by atoms with E-state index in [1.807, 2.05) is 38.2 Å². The third-order valence-electron chi connectivity index (χ3n) is 2.59. The molecule has 0 saturated carbocycles. The normalized spacial score (nSPS) is 14.9. The van der Waals surface area contributed by atoms with Gasteiger partial charge in [-0.15, -0.1) is 0 Å². The fourth-order valence-corrected chi connectivity index (χ4v) is 3.09. The van der Waals surface area contributed by atoms with Gasteiger partial charge < -0.3 is 5.32 Å². The van der Waals surface area contributed by atoms with E-state index in [4.69, 9.17) is 0 Å². The highest BCUT2D eigenvalue weighted by Gasteiger charge is 2.11. The minimum atomic E-state index is -0.887. The topological polar surface area (TPSA) is 29.1 Å². The van der Waals surface area contributed by atoms with Crippen LogP contribution in [0.2, 0.25) is 0 Å². The number of hydrogen-bond acceptors (Lipinski definition) is 2. The van der Waals surface area contributed by atoms with Crippen molar-refractivity contribution in [2.45, 2.75) is 31.2 Å². The van der Waals surface area contributed by atoms with Gasteiger partial charge >= 0.3 is 0 Å². The van der Waals surface area contributed by atoms with E-state index in [2.05, 4.69) is 12.2 Å². The molecule has 0 aliphatic carbocycles. The first kappa shape index (κ1) is 12.4. The Kier molecular flexibility index (Phi) is 4.99. The maximum absolute atomic E-state index is 12.1. The van der Waals surface area contributed by atoms with E-state index < -0.39 is 10.8 Å². The standard InChI is InChI=1S/C12H19NOS/c1-4-11(13-3)9-15(14)12-8-6-5-7-10(12)2/h5-8,11,13H,4,9H2,1-3H3. The zero-order valence-electron chi connectivity index (χ0n) is 9.62. The lowest BCUT2D eigenvalue weighted by atomic mass is 10.2. The van der Waals surface area contributed by atoms with Gasteiger partial charge in [0, 0.05) is 16.7 Å². The molecule has 1 rings (SSSR count). The van der Waals surface area contributed by atoms with Crippen LogP contribution in [0.15, 0.2) is 29.2 Å². The SMILES string of the molecule is CCC(CS(=O)c1ccccc1C)NC. The van der Waals surface area contributed by atoms with E-state index in [1.165, 1.54) is 0 Å². The Morgan fingerprint density at radius 1 is 1.40 bits per heavy atom. The Morgan fingerprint density at radius 2 is 2.07 bits per heavy atom. The molecule has 2 unspecified atom stereocenters. The summed E-state index contributed by atoms with van der Waals surface area (Å²) in [6, 6.07) is 8.22. The first-order chi connectivity index (χ1) is 7.19. The summed E-state index contributed by atoms with van der Waals surface area (Å²) in [5, 5.41) is 3.18. The molecule has 15 heavy (non-hydrogen) atoms. The molecular weight excluding hydrogens is 206 g/mol. The van der Waals surface area contributed by atoms with Gasteiger partial charge in [0.2, 0.25) is 0 Å². The molecule has 0 aromatic heterocycles. The summed E-state index contributed by atoms with van der Waals surface area (Å²) < 4.78 is 12.1. The van der Waals surface area contributed by atoms with Crippen LogP contribution in [0.25, 0.3) is 0 Å². The highest BCUT2D eigenvalue weighted by molar-refractivity contribution is 7.85. The Hall–Kier alpha value is -0.670. The second-order valence-electron chi connectivity index (χ2n) is 3.67. The molecule has 84 valence electrons. The first-order valence-electron chi connectivity index (χ1n) is 5.30. The summed E-state index contributed by atoms with van der Waals surface area (Å²) in [6.45, 7) is 4.11. The van der Waals surface area contributed by atoms with Gasteiger partial charge in [-0.25, -0.2) is 0 Å². The van der Waals surface area contributed by atoms with Crippen molar-refractivity contribution in [3.05, 3.63) is 29.8 Å². The average Bonchev–Trinajstić information content (AvgIpc) is 2.26. The maximum Gasteiger partial charge on any atom is 0.0547 e. The summed E-state index contributed by atoms with van der Waals surface area (Å²) in [5.41, 5.74) is 1.11. The molecule has 1 aromatic carbocycles. The van der Waals surface area contributed by atoms with Gasteiger partial charge in [-0.3, -0.25) is 4.21 Å². The molecule has 1 aromatic rings. The summed E-state index contributed by atoms with van der Waals surface area (Å²) in [7, 11) is 1.03. The van der Waals surface area contributed by atoms with Crippen LogP contribution in [-0.2, 0) is 10.8 Å². The maximum atomic E-state index is 12.1. The number of benzene rings is 1. The molecule has 1 N–H and O–H groups in total. The smallest absolute Gasteiger partial charge is 0.0547 e. The highest BCUT2D eigenvalue weighted by Crippen LogP contribution is 2.13.